The summed E-state index contributed by atoms with van der Waals surface area (Å²) in [4.78, 5) is 55.4. The second-order valence-electron chi connectivity index (χ2n) is 22.4. The lowest BCUT2D eigenvalue weighted by Crippen LogP contribution is -2.55. The van der Waals surface area contributed by atoms with Gasteiger partial charge in [-0.15, -0.1) is 0 Å². The van der Waals surface area contributed by atoms with Gasteiger partial charge in [0.1, 0.15) is 12.2 Å². The van der Waals surface area contributed by atoms with Crippen molar-refractivity contribution in [2.24, 2.45) is 11.8 Å². The van der Waals surface area contributed by atoms with Gasteiger partial charge in [0.05, 0.1) is 18.8 Å². The van der Waals surface area contributed by atoms with E-state index in [9.17, 15) is 105 Å². The highest BCUT2D eigenvalue weighted by atomic mass is 19.4. The number of alkyl halides is 15. The van der Waals surface area contributed by atoms with E-state index < -0.39 is 138 Å². The fourth-order valence-electron chi connectivity index (χ4n) is 6.57. The average molecular weight is 1280 g/mol. The molecule has 0 heterocycles. The maximum absolute atomic E-state index is 13.5. The van der Waals surface area contributed by atoms with E-state index in [1.807, 2.05) is 0 Å². The zero-order valence-corrected chi connectivity index (χ0v) is 50.8. The van der Waals surface area contributed by atoms with Crippen LogP contribution in [0.2, 0.25) is 0 Å². The molecule has 0 aromatic carbocycles. The lowest BCUT2D eigenvalue weighted by molar-refractivity contribution is -0.292. The van der Waals surface area contributed by atoms with Crippen LogP contribution in [0.5, 0.6) is 0 Å². The molecule has 1 fully saturated rings. The van der Waals surface area contributed by atoms with Crippen LogP contribution in [0, 0.1) is 11.8 Å². The number of hydrogen-bond donors (Lipinski definition) is 5. The summed E-state index contributed by atoms with van der Waals surface area (Å²) >= 11 is 0. The molecule has 0 radical (unpaired) electrons. The van der Waals surface area contributed by atoms with Gasteiger partial charge in [-0.05, 0) is 141 Å². The van der Waals surface area contributed by atoms with Gasteiger partial charge in [-0.2, -0.15) is 65.9 Å². The number of ether oxygens (including phenoxy) is 5. The maximum Gasteiger partial charge on any atom is 0.428 e. The quantitative estimate of drug-likeness (QED) is 0.0223. The molecule has 504 valence electrons. The van der Waals surface area contributed by atoms with Crippen LogP contribution in [-0.2, 0) is 47.7 Å². The molecule has 1 saturated carbocycles. The van der Waals surface area contributed by atoms with Crippen molar-refractivity contribution in [2.75, 3.05) is 13.2 Å². The van der Waals surface area contributed by atoms with Crippen molar-refractivity contribution in [2.45, 2.75) is 238 Å². The first-order valence-electron chi connectivity index (χ1n) is 26.1. The summed E-state index contributed by atoms with van der Waals surface area (Å²) in [6.07, 6.45) is -27.7. The highest BCUT2D eigenvalue weighted by Gasteiger charge is 2.62. The third-order valence-electron chi connectivity index (χ3n) is 12.7. The number of carbonyl (C=O) groups excluding carboxylic acids is 5. The molecule has 30 heteroatoms. The lowest BCUT2D eigenvalue weighted by Gasteiger charge is -2.44. The summed E-state index contributed by atoms with van der Waals surface area (Å²) in [5, 5.41) is 46.4. The number of hydrogen-bond acceptors (Lipinski definition) is 15. The molecule has 0 aliphatic heterocycles. The Morgan fingerprint density at radius 2 is 0.791 bits per heavy atom. The molecule has 1 rings (SSSR count). The molecule has 0 spiro atoms. The Bertz CT molecular complexity index is 2240. The van der Waals surface area contributed by atoms with Crippen molar-refractivity contribution in [1.29, 1.82) is 0 Å². The Morgan fingerprint density at radius 1 is 0.453 bits per heavy atom. The number of halogens is 15. The topological polar surface area (TPSA) is 233 Å². The molecule has 5 N–H and O–H groups in total. The normalized spacial score (nSPS) is 18.9. The van der Waals surface area contributed by atoms with Crippen molar-refractivity contribution in [1.82, 2.24) is 0 Å². The minimum atomic E-state index is -4.89. The number of rotatable bonds is 22. The van der Waals surface area contributed by atoms with Crippen LogP contribution < -0.4 is 0 Å². The minimum Gasteiger partial charge on any atom is -0.462 e. The summed E-state index contributed by atoms with van der Waals surface area (Å²) in [5.74, 6) is -6.28. The van der Waals surface area contributed by atoms with Crippen molar-refractivity contribution >= 4 is 29.8 Å². The zero-order valence-electron chi connectivity index (χ0n) is 50.8. The fourth-order valence-corrected chi connectivity index (χ4v) is 6.57. The molecule has 0 aromatic heterocycles. The summed E-state index contributed by atoms with van der Waals surface area (Å²) < 4.78 is 213. The minimum absolute atomic E-state index is 0.0958. The molecular formula is C56H85F15O15. The Kier molecular flexibility index (Phi) is 35.0. The van der Waals surface area contributed by atoms with Gasteiger partial charge in [0.2, 0.25) is 5.60 Å². The number of carbonyl (C=O) groups is 5. The van der Waals surface area contributed by atoms with Crippen LogP contribution in [0.3, 0.4) is 0 Å². The van der Waals surface area contributed by atoms with Crippen LogP contribution in [0.4, 0.5) is 65.9 Å². The Labute approximate surface area is 491 Å². The molecule has 15 nitrogen and oxygen atoms in total. The van der Waals surface area contributed by atoms with E-state index in [0.717, 1.165) is 6.92 Å². The molecule has 0 amide bonds. The van der Waals surface area contributed by atoms with Gasteiger partial charge < -0.3 is 49.2 Å². The zero-order chi connectivity index (χ0) is 69.6. The van der Waals surface area contributed by atoms with E-state index in [-0.39, 0.29) is 60.4 Å². The lowest BCUT2D eigenvalue weighted by atomic mass is 9.69. The maximum atomic E-state index is 13.5. The fraction of sp³-hybridized carbons (Fsp3) is 0.732. The summed E-state index contributed by atoms with van der Waals surface area (Å²) in [6.45, 7) is 33.0. The van der Waals surface area contributed by atoms with Crippen molar-refractivity contribution < 1.29 is 139 Å². The molecular weight excluding hydrogens is 1200 g/mol. The van der Waals surface area contributed by atoms with Gasteiger partial charge in [0.15, 0.2) is 22.4 Å². The first-order valence-corrected chi connectivity index (χ1v) is 26.1. The highest BCUT2D eigenvalue weighted by Crippen LogP contribution is 2.50. The van der Waals surface area contributed by atoms with E-state index in [0.29, 0.717) is 52.7 Å². The molecule has 0 aromatic rings. The van der Waals surface area contributed by atoms with E-state index in [2.05, 4.69) is 47.1 Å². The van der Waals surface area contributed by atoms with Crippen LogP contribution in [0.15, 0.2) is 60.8 Å². The number of esters is 5. The van der Waals surface area contributed by atoms with Gasteiger partial charge in [-0.1, -0.05) is 39.8 Å². The van der Waals surface area contributed by atoms with Crippen LogP contribution in [0.25, 0.3) is 0 Å². The third kappa shape index (κ3) is 32.2. The largest absolute Gasteiger partial charge is 0.462 e. The number of aliphatic hydroxyl groups is 5. The van der Waals surface area contributed by atoms with Crippen LogP contribution in [0.1, 0.15) is 161 Å². The Balaban J connectivity index is -0.000000499. The van der Waals surface area contributed by atoms with Crippen molar-refractivity contribution in [3.8, 4) is 0 Å². The SMILES string of the molecule is C=C(C)C(=O)OC(C)(C1CCC(C(C)(O)C(F)(F)F)CC1)C(F)(F)F.C=C(C)C(=O)OC(C)CC(C)(O)C(F)(F)F.C=C(C)C(=O)OC(CC)CC(C)(O)C(F)(F)F.C=C(C)C(=O)OCCC(C)(O)C(F)(F)F.C=C(C)C(=O)OCCCC(C)(C)O. The third-order valence-corrected chi connectivity index (χ3v) is 12.7. The first-order chi connectivity index (χ1) is 37.9. The molecule has 0 bridgehead atoms. The van der Waals surface area contributed by atoms with Crippen molar-refractivity contribution in [3.63, 3.8) is 0 Å². The van der Waals surface area contributed by atoms with E-state index in [1.165, 1.54) is 34.6 Å². The molecule has 1 aliphatic carbocycles. The van der Waals surface area contributed by atoms with E-state index >= 15 is 0 Å². The van der Waals surface area contributed by atoms with Gasteiger partial charge >= 0.3 is 60.7 Å². The molecule has 86 heavy (non-hydrogen) atoms. The van der Waals surface area contributed by atoms with Crippen LogP contribution in [-0.4, -0.2) is 145 Å². The second-order valence-corrected chi connectivity index (χ2v) is 22.4. The first kappa shape index (κ1) is 87.2. The summed E-state index contributed by atoms with van der Waals surface area (Å²) in [6, 6.07) is 0. The standard InChI is InChI=1S/C16H22F6O3.C11H17F3O3.C10H15F3O3.C10H18O3.C9H13F3O3/c1-9(2)12(23)25-14(4,16(20,21)22)11-7-5-10(6-8-11)13(3,24)15(17,18)19;1-5-8(17-9(15)7(2)3)6-10(4,16)11(12,13)14;1-6(2)8(14)16-7(3)5-9(4,15)10(11,12)13;1-8(2)9(11)13-7-5-6-10(3,4)12;1-6(2)7(13)15-5-4-8(3,14)9(10,11)12/h10-11,24H,1,5-8H2,2-4H3;8,16H,2,5-6H2,1,3-4H3;7,15H,1,5H2,2-4H3;12H,1,5-7H2,2-4H3;14H,1,4-5H2,2-3H3. The summed E-state index contributed by atoms with van der Waals surface area (Å²) in [7, 11) is 0. The van der Waals surface area contributed by atoms with E-state index in [1.54, 1.807) is 27.7 Å². The molecule has 0 saturated heterocycles. The predicted octanol–water partition coefficient (Wildman–Crippen LogP) is 12.8. The van der Waals surface area contributed by atoms with Crippen molar-refractivity contribution in [3.05, 3.63) is 60.8 Å². The molecule has 1 aliphatic rings. The second kappa shape index (κ2) is 34.5. The molecule has 7 unspecified atom stereocenters. The monoisotopic (exact) mass is 1280 g/mol. The predicted molar refractivity (Wildman–Crippen MR) is 284 cm³/mol. The van der Waals surface area contributed by atoms with Crippen LogP contribution >= 0.6 is 0 Å². The highest BCUT2D eigenvalue weighted by molar-refractivity contribution is 5.88. The van der Waals surface area contributed by atoms with E-state index in [4.69, 9.17) is 19.7 Å². The van der Waals surface area contributed by atoms with Gasteiger partial charge in [-0.25, -0.2) is 24.0 Å². The van der Waals surface area contributed by atoms with Gasteiger partial charge in [-0.3, -0.25) is 0 Å². The Morgan fingerprint density at radius 3 is 1.10 bits per heavy atom. The molecule has 7 atom stereocenters. The summed E-state index contributed by atoms with van der Waals surface area (Å²) in [5.41, 5.74) is -14.6. The average Bonchev–Trinajstić information content (AvgIpc) is 3.30. The smallest absolute Gasteiger partial charge is 0.428 e. The van der Waals surface area contributed by atoms with Gasteiger partial charge in [0, 0.05) is 53.0 Å². The Hall–Kier alpha value is -5.20. The van der Waals surface area contributed by atoms with Gasteiger partial charge in [0.25, 0.3) is 0 Å².